The van der Waals surface area contributed by atoms with Crippen LogP contribution in [0.25, 0.3) is 0 Å². The Morgan fingerprint density at radius 2 is 2.33 bits per heavy atom. The summed E-state index contributed by atoms with van der Waals surface area (Å²) in [7, 11) is 1.58. The molecular formula is C16H18N4O. The Bertz CT molecular complexity index is 667. The first kappa shape index (κ1) is 13.7. The number of hydrogen-bond acceptors (Lipinski definition) is 4. The van der Waals surface area contributed by atoms with Crippen LogP contribution in [0.5, 0.6) is 5.75 Å². The van der Waals surface area contributed by atoms with E-state index in [2.05, 4.69) is 22.6 Å². The minimum atomic E-state index is 0.557. The van der Waals surface area contributed by atoms with Gasteiger partial charge in [-0.3, -0.25) is 0 Å². The fraction of sp³-hybridized carbons (Fsp3) is 0.375. The number of imidazole rings is 1. The molecule has 0 unspecified atom stereocenters. The zero-order valence-corrected chi connectivity index (χ0v) is 12.0. The van der Waals surface area contributed by atoms with Crippen molar-refractivity contribution in [2.45, 2.75) is 32.0 Å². The maximum Gasteiger partial charge on any atom is 0.136 e. The third-order valence-electron chi connectivity index (χ3n) is 3.59. The Hall–Kier alpha value is -2.32. The molecular weight excluding hydrogens is 264 g/mol. The van der Waals surface area contributed by atoms with Gasteiger partial charge in [0.25, 0.3) is 0 Å². The van der Waals surface area contributed by atoms with Crippen LogP contribution in [0.2, 0.25) is 0 Å². The maximum absolute atomic E-state index is 8.99. The van der Waals surface area contributed by atoms with Gasteiger partial charge in [0.2, 0.25) is 0 Å². The average molecular weight is 282 g/mol. The van der Waals surface area contributed by atoms with E-state index in [1.165, 1.54) is 12.8 Å². The fourth-order valence-electron chi connectivity index (χ4n) is 2.26. The van der Waals surface area contributed by atoms with Gasteiger partial charge in [-0.25, -0.2) is 4.98 Å². The number of aromatic nitrogens is 2. The van der Waals surface area contributed by atoms with E-state index in [-0.39, 0.29) is 0 Å². The number of hydrogen-bond donors (Lipinski definition) is 1. The van der Waals surface area contributed by atoms with Crippen LogP contribution >= 0.6 is 0 Å². The SMILES string of the molecule is COc1cc(Cn2cnc(CNC3CC3)c2)ccc1C#N. The Labute approximate surface area is 124 Å². The van der Waals surface area contributed by atoms with Crippen LogP contribution in [-0.4, -0.2) is 22.7 Å². The summed E-state index contributed by atoms with van der Waals surface area (Å²) >= 11 is 0. The van der Waals surface area contributed by atoms with Crippen molar-refractivity contribution in [1.82, 2.24) is 14.9 Å². The summed E-state index contributed by atoms with van der Waals surface area (Å²) in [5.74, 6) is 0.616. The van der Waals surface area contributed by atoms with E-state index in [0.29, 0.717) is 17.4 Å². The molecule has 1 fully saturated rings. The van der Waals surface area contributed by atoms with Gasteiger partial charge in [-0.05, 0) is 30.5 Å². The number of nitrogens with zero attached hydrogens (tertiary/aromatic N) is 3. The van der Waals surface area contributed by atoms with Crippen LogP contribution in [0.1, 0.15) is 29.7 Å². The molecule has 1 N–H and O–H groups in total. The lowest BCUT2D eigenvalue weighted by atomic mass is 10.1. The number of methoxy groups -OCH3 is 1. The molecule has 1 aliphatic carbocycles. The normalized spacial score (nSPS) is 13.9. The molecule has 1 aromatic heterocycles. The summed E-state index contributed by atoms with van der Waals surface area (Å²) in [5.41, 5.74) is 2.70. The maximum atomic E-state index is 8.99. The third kappa shape index (κ3) is 3.41. The molecule has 21 heavy (non-hydrogen) atoms. The topological polar surface area (TPSA) is 62.9 Å². The van der Waals surface area contributed by atoms with Crippen molar-refractivity contribution in [3.63, 3.8) is 0 Å². The Morgan fingerprint density at radius 1 is 1.48 bits per heavy atom. The second kappa shape index (κ2) is 5.98. The van der Waals surface area contributed by atoms with Crippen LogP contribution < -0.4 is 10.1 Å². The summed E-state index contributed by atoms with van der Waals surface area (Å²) in [4.78, 5) is 4.41. The Kier molecular flexibility index (Phi) is 3.89. The van der Waals surface area contributed by atoms with E-state index in [9.17, 15) is 0 Å². The molecule has 0 spiro atoms. The summed E-state index contributed by atoms with van der Waals surface area (Å²) in [5, 5.41) is 12.4. The molecule has 1 aliphatic rings. The zero-order valence-electron chi connectivity index (χ0n) is 12.0. The Morgan fingerprint density at radius 3 is 3.05 bits per heavy atom. The monoisotopic (exact) mass is 282 g/mol. The van der Waals surface area contributed by atoms with Gasteiger partial charge in [0.15, 0.2) is 0 Å². The number of benzene rings is 1. The molecule has 5 heteroatoms. The van der Waals surface area contributed by atoms with E-state index in [1.807, 2.05) is 23.0 Å². The fourth-order valence-corrected chi connectivity index (χ4v) is 2.26. The summed E-state index contributed by atoms with van der Waals surface area (Å²) in [6.45, 7) is 1.55. The molecule has 1 heterocycles. The van der Waals surface area contributed by atoms with Gasteiger partial charge in [-0.2, -0.15) is 5.26 Å². The van der Waals surface area contributed by atoms with Gasteiger partial charge in [0.05, 0.1) is 24.7 Å². The lowest BCUT2D eigenvalue weighted by Gasteiger charge is -2.07. The van der Waals surface area contributed by atoms with Crippen molar-refractivity contribution in [3.05, 3.63) is 47.5 Å². The number of nitrogens with one attached hydrogen (secondary N) is 1. The molecule has 0 aliphatic heterocycles. The van der Waals surface area contributed by atoms with Crippen molar-refractivity contribution in [3.8, 4) is 11.8 Å². The van der Waals surface area contributed by atoms with Crippen LogP contribution in [0.15, 0.2) is 30.7 Å². The van der Waals surface area contributed by atoms with E-state index >= 15 is 0 Å². The highest BCUT2D eigenvalue weighted by Crippen LogP contribution is 2.20. The lowest BCUT2D eigenvalue weighted by Crippen LogP contribution is -2.15. The first-order chi connectivity index (χ1) is 10.3. The molecule has 5 nitrogen and oxygen atoms in total. The summed E-state index contributed by atoms with van der Waals surface area (Å²) < 4.78 is 7.28. The largest absolute Gasteiger partial charge is 0.495 e. The van der Waals surface area contributed by atoms with Gasteiger partial charge in [-0.1, -0.05) is 6.07 Å². The molecule has 0 amide bonds. The van der Waals surface area contributed by atoms with Gasteiger partial charge < -0.3 is 14.6 Å². The zero-order chi connectivity index (χ0) is 14.7. The van der Waals surface area contributed by atoms with Crippen molar-refractivity contribution in [2.24, 2.45) is 0 Å². The van der Waals surface area contributed by atoms with Crippen LogP contribution in [0.3, 0.4) is 0 Å². The molecule has 0 saturated heterocycles. The minimum Gasteiger partial charge on any atom is -0.495 e. The molecule has 3 rings (SSSR count). The summed E-state index contributed by atoms with van der Waals surface area (Å²) in [6, 6.07) is 8.46. The molecule has 0 atom stereocenters. The predicted molar refractivity (Wildman–Crippen MR) is 78.9 cm³/mol. The van der Waals surface area contributed by atoms with Crippen LogP contribution in [0, 0.1) is 11.3 Å². The van der Waals surface area contributed by atoms with Crippen molar-refractivity contribution >= 4 is 0 Å². The first-order valence-electron chi connectivity index (χ1n) is 7.09. The average Bonchev–Trinajstić information content (AvgIpc) is 3.24. The highest BCUT2D eigenvalue weighted by atomic mass is 16.5. The molecule has 0 radical (unpaired) electrons. The lowest BCUT2D eigenvalue weighted by molar-refractivity contribution is 0.413. The number of ether oxygens (including phenoxy) is 1. The van der Waals surface area contributed by atoms with Gasteiger partial charge in [-0.15, -0.1) is 0 Å². The van der Waals surface area contributed by atoms with E-state index < -0.39 is 0 Å². The Balaban J connectivity index is 1.66. The van der Waals surface area contributed by atoms with Crippen LogP contribution in [0.4, 0.5) is 0 Å². The smallest absolute Gasteiger partial charge is 0.136 e. The van der Waals surface area contributed by atoms with Gasteiger partial charge in [0.1, 0.15) is 11.8 Å². The first-order valence-corrected chi connectivity index (χ1v) is 7.09. The van der Waals surface area contributed by atoms with Crippen molar-refractivity contribution in [1.29, 1.82) is 5.26 Å². The molecule has 1 aromatic carbocycles. The third-order valence-corrected chi connectivity index (χ3v) is 3.59. The highest BCUT2D eigenvalue weighted by molar-refractivity contribution is 5.45. The highest BCUT2D eigenvalue weighted by Gasteiger charge is 2.20. The number of rotatable bonds is 6. The summed E-state index contributed by atoms with van der Waals surface area (Å²) in [6.07, 6.45) is 6.46. The standard InChI is InChI=1S/C16H18N4O/c1-21-16-6-12(2-3-13(16)7-17)9-20-10-15(19-11-20)8-18-14-4-5-14/h2-3,6,10-11,14,18H,4-5,8-9H2,1H3. The predicted octanol–water partition coefficient (Wildman–Crippen LogP) is 2.06. The molecule has 1 saturated carbocycles. The minimum absolute atomic E-state index is 0.557. The number of nitriles is 1. The van der Waals surface area contributed by atoms with E-state index in [4.69, 9.17) is 10.00 Å². The van der Waals surface area contributed by atoms with E-state index in [0.717, 1.165) is 24.3 Å². The second-order valence-electron chi connectivity index (χ2n) is 5.34. The van der Waals surface area contributed by atoms with Crippen LogP contribution in [-0.2, 0) is 13.1 Å². The van der Waals surface area contributed by atoms with E-state index in [1.54, 1.807) is 13.2 Å². The van der Waals surface area contributed by atoms with Gasteiger partial charge >= 0.3 is 0 Å². The molecule has 108 valence electrons. The molecule has 2 aromatic rings. The second-order valence-corrected chi connectivity index (χ2v) is 5.34. The molecule has 0 bridgehead atoms. The quantitative estimate of drug-likeness (QED) is 0.881. The van der Waals surface area contributed by atoms with Crippen molar-refractivity contribution < 1.29 is 4.74 Å². The van der Waals surface area contributed by atoms with Gasteiger partial charge in [0, 0.05) is 25.3 Å². The van der Waals surface area contributed by atoms with Crippen molar-refractivity contribution in [2.75, 3.05) is 7.11 Å².